The summed E-state index contributed by atoms with van der Waals surface area (Å²) >= 11 is 0. The van der Waals surface area contributed by atoms with E-state index in [0.29, 0.717) is 25.0 Å². The molecule has 0 aliphatic rings. The fourth-order valence-corrected chi connectivity index (χ4v) is 1.18. The molecule has 0 aromatic rings. The van der Waals surface area contributed by atoms with Gasteiger partial charge in [0.05, 0.1) is 0 Å². The van der Waals surface area contributed by atoms with Crippen LogP contribution in [0.1, 0.15) is 59.8 Å². The van der Waals surface area contributed by atoms with Crippen molar-refractivity contribution in [3.05, 3.63) is 0 Å². The lowest BCUT2D eigenvalue weighted by molar-refractivity contribution is 0.212. The van der Waals surface area contributed by atoms with E-state index in [-0.39, 0.29) is 0 Å². The van der Waals surface area contributed by atoms with Gasteiger partial charge in [0.15, 0.2) is 0 Å². The van der Waals surface area contributed by atoms with Gasteiger partial charge < -0.3 is 10.2 Å². The highest BCUT2D eigenvalue weighted by atomic mass is 16.3. The maximum absolute atomic E-state index is 8.75. The first kappa shape index (κ1) is 17.3. The van der Waals surface area contributed by atoms with Crippen molar-refractivity contribution in [3.8, 4) is 0 Å². The fourth-order valence-electron chi connectivity index (χ4n) is 1.18. The zero-order valence-corrected chi connectivity index (χ0v) is 11.0. The van der Waals surface area contributed by atoms with E-state index in [1.165, 1.54) is 19.3 Å². The Labute approximate surface area is 95.7 Å². The largest absolute Gasteiger partial charge is 0.396 e. The Morgan fingerprint density at radius 1 is 1.00 bits per heavy atom. The molecule has 0 bridgehead atoms. The van der Waals surface area contributed by atoms with Gasteiger partial charge in [0.1, 0.15) is 0 Å². The Morgan fingerprint density at radius 3 is 1.80 bits per heavy atom. The van der Waals surface area contributed by atoms with Crippen molar-refractivity contribution in [1.29, 1.82) is 0 Å². The number of unbranched alkanes of at least 4 members (excludes halogenated alkanes) is 1. The molecule has 0 aromatic heterocycles. The molecule has 0 aromatic carbocycles. The maximum Gasteiger partial charge on any atom is 0.0459 e. The van der Waals surface area contributed by atoms with Gasteiger partial charge in [-0.2, -0.15) is 0 Å². The number of rotatable bonds is 7. The van der Waals surface area contributed by atoms with Crippen LogP contribution in [-0.4, -0.2) is 23.4 Å². The van der Waals surface area contributed by atoms with Gasteiger partial charge in [-0.3, -0.25) is 0 Å². The van der Waals surface area contributed by atoms with Crippen LogP contribution in [0.5, 0.6) is 0 Å². The summed E-state index contributed by atoms with van der Waals surface area (Å²) in [5.74, 6) is 1.21. The van der Waals surface area contributed by atoms with Crippen LogP contribution in [0.2, 0.25) is 0 Å². The Hall–Kier alpha value is -0.0800. The molecule has 0 saturated carbocycles. The molecule has 1 unspecified atom stereocenters. The average molecular weight is 218 g/mol. The van der Waals surface area contributed by atoms with Crippen LogP contribution < -0.4 is 0 Å². The molecule has 0 aliphatic heterocycles. The summed E-state index contributed by atoms with van der Waals surface area (Å²) < 4.78 is 0. The van der Waals surface area contributed by atoms with Crippen molar-refractivity contribution in [3.63, 3.8) is 0 Å². The molecule has 0 heterocycles. The van der Waals surface area contributed by atoms with E-state index in [1.54, 1.807) is 0 Å². The molecule has 2 N–H and O–H groups in total. The number of hydrogen-bond acceptors (Lipinski definition) is 2. The lowest BCUT2D eigenvalue weighted by Crippen LogP contribution is -2.03. The third-order valence-electron chi connectivity index (χ3n) is 2.51. The summed E-state index contributed by atoms with van der Waals surface area (Å²) in [7, 11) is 0. The first-order valence-corrected chi connectivity index (χ1v) is 6.33. The molecular weight excluding hydrogens is 188 g/mol. The molecule has 0 rings (SSSR count). The van der Waals surface area contributed by atoms with Gasteiger partial charge in [-0.25, -0.2) is 0 Å². The zero-order valence-electron chi connectivity index (χ0n) is 11.0. The second-order valence-corrected chi connectivity index (χ2v) is 4.51. The lowest BCUT2D eigenvalue weighted by Gasteiger charge is -2.08. The van der Waals surface area contributed by atoms with E-state index in [0.717, 1.165) is 12.8 Å². The quantitative estimate of drug-likeness (QED) is 0.689. The summed E-state index contributed by atoms with van der Waals surface area (Å²) in [5.41, 5.74) is 0. The van der Waals surface area contributed by atoms with Gasteiger partial charge in [0.25, 0.3) is 0 Å². The minimum Gasteiger partial charge on any atom is -0.396 e. The van der Waals surface area contributed by atoms with Gasteiger partial charge in [0.2, 0.25) is 0 Å². The van der Waals surface area contributed by atoms with E-state index in [2.05, 4.69) is 27.7 Å². The van der Waals surface area contributed by atoms with E-state index in [9.17, 15) is 0 Å². The summed E-state index contributed by atoms with van der Waals surface area (Å²) in [6.07, 6.45) is 5.76. The monoisotopic (exact) mass is 218 g/mol. The van der Waals surface area contributed by atoms with E-state index in [4.69, 9.17) is 10.2 Å². The third-order valence-corrected chi connectivity index (χ3v) is 2.51. The first-order chi connectivity index (χ1) is 7.12. The Balaban J connectivity index is 0. The van der Waals surface area contributed by atoms with E-state index in [1.807, 2.05) is 0 Å². The van der Waals surface area contributed by atoms with Crippen LogP contribution >= 0.6 is 0 Å². The number of aliphatic hydroxyl groups excluding tert-OH is 2. The van der Waals surface area contributed by atoms with Crippen molar-refractivity contribution >= 4 is 0 Å². The minimum atomic E-state index is 0.331. The third kappa shape index (κ3) is 16.6. The molecular formula is C13H30O2. The van der Waals surface area contributed by atoms with Crippen molar-refractivity contribution in [2.75, 3.05) is 13.2 Å². The molecule has 15 heavy (non-hydrogen) atoms. The molecule has 0 aliphatic carbocycles. The molecule has 0 fully saturated rings. The normalized spacial score (nSPS) is 12.2. The van der Waals surface area contributed by atoms with Crippen LogP contribution in [0.25, 0.3) is 0 Å². The lowest BCUT2D eigenvalue weighted by atomic mass is 10.0. The van der Waals surface area contributed by atoms with Crippen molar-refractivity contribution in [2.45, 2.75) is 59.8 Å². The van der Waals surface area contributed by atoms with Crippen LogP contribution in [0.4, 0.5) is 0 Å². The molecule has 94 valence electrons. The SMILES string of the molecule is CC(C)CCO.CCCCC(CC)CO. The van der Waals surface area contributed by atoms with Gasteiger partial charge in [-0.15, -0.1) is 0 Å². The average Bonchev–Trinajstić information content (AvgIpc) is 2.20. The standard InChI is InChI=1S/C8H18O.C5H12O/c1-3-5-6-8(4-2)7-9;1-5(2)3-4-6/h8-9H,3-7H2,1-2H3;5-6H,3-4H2,1-2H3. The highest BCUT2D eigenvalue weighted by Crippen LogP contribution is 2.10. The number of hydrogen-bond donors (Lipinski definition) is 2. The summed E-state index contributed by atoms with van der Waals surface area (Å²) in [4.78, 5) is 0. The second-order valence-electron chi connectivity index (χ2n) is 4.51. The zero-order chi connectivity index (χ0) is 12.1. The van der Waals surface area contributed by atoms with Gasteiger partial charge >= 0.3 is 0 Å². The predicted octanol–water partition coefficient (Wildman–Crippen LogP) is 3.22. The van der Waals surface area contributed by atoms with Crippen LogP contribution in [0, 0.1) is 11.8 Å². The predicted molar refractivity (Wildman–Crippen MR) is 66.9 cm³/mol. The summed E-state index contributed by atoms with van der Waals surface area (Å²) in [6, 6.07) is 0. The Kier molecular flexibility index (Phi) is 16.1. The topological polar surface area (TPSA) is 40.5 Å². The summed E-state index contributed by atoms with van der Waals surface area (Å²) in [6.45, 7) is 9.21. The summed E-state index contributed by atoms with van der Waals surface area (Å²) in [5, 5.41) is 17.0. The Bertz CT molecular complexity index is 98.7. The molecule has 0 saturated heterocycles. The van der Waals surface area contributed by atoms with Crippen LogP contribution in [0.3, 0.4) is 0 Å². The van der Waals surface area contributed by atoms with Gasteiger partial charge in [-0.05, 0) is 24.7 Å². The highest BCUT2D eigenvalue weighted by molar-refractivity contribution is 4.53. The molecule has 1 atom stereocenters. The molecule has 0 amide bonds. The number of aliphatic hydroxyl groups is 2. The molecule has 0 radical (unpaired) electrons. The molecule has 0 spiro atoms. The van der Waals surface area contributed by atoms with Gasteiger partial charge in [-0.1, -0.05) is 47.0 Å². The molecule has 2 heteroatoms. The van der Waals surface area contributed by atoms with Crippen molar-refractivity contribution in [2.24, 2.45) is 11.8 Å². The maximum atomic E-state index is 8.75. The van der Waals surface area contributed by atoms with Crippen molar-refractivity contribution in [1.82, 2.24) is 0 Å². The Morgan fingerprint density at radius 2 is 1.60 bits per heavy atom. The first-order valence-electron chi connectivity index (χ1n) is 6.33. The highest BCUT2D eigenvalue weighted by Gasteiger charge is 2.01. The second kappa shape index (κ2) is 13.9. The van der Waals surface area contributed by atoms with Crippen LogP contribution in [0.15, 0.2) is 0 Å². The van der Waals surface area contributed by atoms with E-state index >= 15 is 0 Å². The minimum absolute atomic E-state index is 0.331. The smallest absolute Gasteiger partial charge is 0.0459 e. The van der Waals surface area contributed by atoms with Crippen molar-refractivity contribution < 1.29 is 10.2 Å². The molecule has 2 nitrogen and oxygen atoms in total. The fraction of sp³-hybridized carbons (Fsp3) is 1.00. The van der Waals surface area contributed by atoms with Gasteiger partial charge in [0, 0.05) is 13.2 Å². The van der Waals surface area contributed by atoms with Crippen LogP contribution in [-0.2, 0) is 0 Å². The van der Waals surface area contributed by atoms with E-state index < -0.39 is 0 Å².